The highest BCUT2D eigenvalue weighted by atomic mass is 16.6. The normalized spacial score (nSPS) is 11.8. The van der Waals surface area contributed by atoms with Crippen LogP contribution in [0.3, 0.4) is 0 Å². The van der Waals surface area contributed by atoms with Gasteiger partial charge in [0.05, 0.1) is 22.3 Å². The first-order valence-electron chi connectivity index (χ1n) is 15.0. The zero-order valence-corrected chi connectivity index (χ0v) is 25.9. The lowest BCUT2D eigenvalue weighted by Crippen LogP contribution is -2.24. The highest BCUT2D eigenvalue weighted by Crippen LogP contribution is 2.31. The van der Waals surface area contributed by atoms with E-state index in [1.807, 2.05) is 45.0 Å². The Labute approximate surface area is 248 Å². The van der Waals surface area contributed by atoms with Crippen LogP contribution in [0.15, 0.2) is 65.1 Å². The molecule has 0 fully saturated rings. The number of hydrogen-bond donors (Lipinski definition) is 0. The van der Waals surface area contributed by atoms with Crippen LogP contribution in [0.4, 0.5) is 0 Å². The summed E-state index contributed by atoms with van der Waals surface area (Å²) in [6, 6.07) is 20.4. The third-order valence-corrected chi connectivity index (χ3v) is 7.43. The first-order valence-corrected chi connectivity index (χ1v) is 15.0. The second-order valence-corrected chi connectivity index (χ2v) is 11.9. The van der Waals surface area contributed by atoms with E-state index in [0.29, 0.717) is 18.0 Å². The summed E-state index contributed by atoms with van der Waals surface area (Å²) >= 11 is 0. The molecule has 6 nitrogen and oxygen atoms in total. The van der Waals surface area contributed by atoms with Gasteiger partial charge in [-0.1, -0.05) is 63.2 Å². The van der Waals surface area contributed by atoms with E-state index in [0.717, 1.165) is 81.8 Å². The minimum absolute atomic E-state index is 0.314. The minimum atomic E-state index is -0.556. The lowest BCUT2D eigenvalue weighted by molar-refractivity contribution is 0.00704. The molecule has 6 heteroatoms. The molecule has 0 N–H and O–H groups in total. The molecule has 0 bridgehead atoms. The molecule has 0 aliphatic heterocycles. The van der Waals surface area contributed by atoms with Crippen LogP contribution in [0.5, 0.6) is 0 Å². The van der Waals surface area contributed by atoms with Gasteiger partial charge in [-0.25, -0.2) is 14.8 Å². The van der Waals surface area contributed by atoms with Crippen LogP contribution in [0, 0.1) is 6.92 Å². The number of fused-ring (bicyclic) bond motifs is 1. The Bertz CT molecular complexity index is 1700. The van der Waals surface area contributed by atoms with Crippen molar-refractivity contribution in [1.29, 1.82) is 0 Å². The van der Waals surface area contributed by atoms with Gasteiger partial charge < -0.3 is 13.7 Å². The number of nitrogens with zero attached hydrogens (tertiary/aromatic N) is 3. The number of aryl methyl sites for hydroxylation is 4. The minimum Gasteiger partial charge on any atom is -0.456 e. The summed E-state index contributed by atoms with van der Waals surface area (Å²) in [7, 11) is 0. The molecule has 218 valence electrons. The molecule has 5 rings (SSSR count). The van der Waals surface area contributed by atoms with Crippen LogP contribution in [-0.2, 0) is 30.5 Å². The molecule has 0 radical (unpaired) electrons. The van der Waals surface area contributed by atoms with Gasteiger partial charge in [-0.15, -0.1) is 0 Å². The molecule has 0 aliphatic rings. The third kappa shape index (κ3) is 6.03. The molecule has 0 aliphatic carbocycles. The predicted octanol–water partition coefficient (Wildman–Crippen LogP) is 8.75. The van der Waals surface area contributed by atoms with Crippen LogP contribution in [0.25, 0.3) is 33.6 Å². The van der Waals surface area contributed by atoms with Crippen LogP contribution in [0.2, 0.25) is 0 Å². The summed E-state index contributed by atoms with van der Waals surface area (Å²) in [5, 5.41) is 0. The van der Waals surface area contributed by atoms with Gasteiger partial charge in [0, 0.05) is 24.9 Å². The number of esters is 1. The van der Waals surface area contributed by atoms with E-state index in [4.69, 9.17) is 19.1 Å². The van der Waals surface area contributed by atoms with Gasteiger partial charge in [0.15, 0.2) is 0 Å². The molecule has 0 unspecified atom stereocenters. The summed E-state index contributed by atoms with van der Waals surface area (Å²) < 4.78 is 14.2. The Morgan fingerprint density at radius 1 is 0.929 bits per heavy atom. The number of hydrogen-bond acceptors (Lipinski definition) is 5. The molecule has 2 aromatic heterocycles. The van der Waals surface area contributed by atoms with Gasteiger partial charge in [-0.2, -0.15) is 0 Å². The van der Waals surface area contributed by atoms with Crippen molar-refractivity contribution in [3.05, 3.63) is 94.6 Å². The smallest absolute Gasteiger partial charge is 0.339 e. The van der Waals surface area contributed by atoms with Crippen molar-refractivity contribution in [2.75, 3.05) is 0 Å². The molecular formula is C36H41N3O3. The molecule has 5 aromatic rings. The summed E-state index contributed by atoms with van der Waals surface area (Å²) in [6.07, 6.45) is 3.58. The monoisotopic (exact) mass is 563 g/mol. The Kier molecular flexibility index (Phi) is 8.35. The van der Waals surface area contributed by atoms with Gasteiger partial charge in [0.2, 0.25) is 5.89 Å². The fraction of sp³-hybridized carbons (Fsp3) is 0.361. The molecular weight excluding hydrogens is 522 g/mol. The van der Waals surface area contributed by atoms with Crippen molar-refractivity contribution in [1.82, 2.24) is 14.5 Å². The molecule has 0 atom stereocenters. The van der Waals surface area contributed by atoms with Crippen LogP contribution in [0.1, 0.15) is 86.7 Å². The lowest BCUT2D eigenvalue weighted by Gasteiger charge is -2.20. The van der Waals surface area contributed by atoms with Crippen molar-refractivity contribution in [2.24, 2.45) is 0 Å². The highest BCUT2D eigenvalue weighted by molar-refractivity contribution is 5.97. The maximum absolute atomic E-state index is 12.9. The summed E-state index contributed by atoms with van der Waals surface area (Å²) in [5.74, 6) is 2.39. The maximum Gasteiger partial charge on any atom is 0.339 e. The number of benzene rings is 3. The Morgan fingerprint density at radius 3 is 2.31 bits per heavy atom. The predicted molar refractivity (Wildman–Crippen MR) is 169 cm³/mol. The van der Waals surface area contributed by atoms with Crippen LogP contribution < -0.4 is 0 Å². The van der Waals surface area contributed by atoms with Crippen molar-refractivity contribution in [2.45, 2.75) is 86.3 Å². The number of rotatable bonds is 9. The Balaban J connectivity index is 1.51. The zero-order chi connectivity index (χ0) is 30.0. The molecule has 0 amide bonds. The second kappa shape index (κ2) is 12.0. The fourth-order valence-electron chi connectivity index (χ4n) is 5.43. The Morgan fingerprint density at radius 2 is 1.67 bits per heavy atom. The van der Waals surface area contributed by atoms with Crippen LogP contribution >= 0.6 is 0 Å². The number of oxazole rings is 1. The van der Waals surface area contributed by atoms with Crippen molar-refractivity contribution in [3.8, 4) is 22.6 Å². The average Bonchev–Trinajstić information content (AvgIpc) is 3.54. The van der Waals surface area contributed by atoms with Crippen LogP contribution in [-0.4, -0.2) is 26.1 Å². The van der Waals surface area contributed by atoms with E-state index in [1.54, 1.807) is 0 Å². The lowest BCUT2D eigenvalue weighted by atomic mass is 9.98. The molecule has 0 saturated heterocycles. The van der Waals surface area contributed by atoms with E-state index in [2.05, 4.69) is 68.7 Å². The standard InChI is InChI=1S/C36H41N3O3/c1-8-13-32-38-33-23(4)20-26(34-37-29(9-2)31(10-3)41-34)21-30(33)39(32)22-24-16-18-25(19-17-24)27-14-11-12-15-28(27)35(40)42-36(5,6)7/h11-12,14-21H,8-10,13,22H2,1-7H3. The average molecular weight is 564 g/mol. The SMILES string of the molecule is CCCc1nc2c(C)cc(-c3nc(CC)c(CC)o3)cc2n1Cc1ccc(-c2ccccc2C(=O)OC(C)(C)C)cc1. The molecule has 2 heterocycles. The quantitative estimate of drug-likeness (QED) is 0.168. The number of carbonyl (C=O) groups is 1. The van der Waals surface area contributed by atoms with Gasteiger partial charge in [-0.3, -0.25) is 0 Å². The molecule has 3 aromatic carbocycles. The molecule has 42 heavy (non-hydrogen) atoms. The van der Waals surface area contributed by atoms with Crippen molar-refractivity contribution < 1.29 is 13.9 Å². The van der Waals surface area contributed by atoms with E-state index in [-0.39, 0.29) is 5.97 Å². The third-order valence-electron chi connectivity index (χ3n) is 7.43. The molecule has 0 spiro atoms. The molecule has 0 saturated carbocycles. The summed E-state index contributed by atoms with van der Waals surface area (Å²) in [4.78, 5) is 22.8. The number of aromatic nitrogens is 3. The van der Waals surface area contributed by atoms with Gasteiger partial charge >= 0.3 is 5.97 Å². The largest absolute Gasteiger partial charge is 0.456 e. The first-order chi connectivity index (χ1) is 20.1. The topological polar surface area (TPSA) is 70.2 Å². The maximum atomic E-state index is 12.9. The van der Waals surface area contributed by atoms with Gasteiger partial charge in [0.25, 0.3) is 0 Å². The second-order valence-electron chi connectivity index (χ2n) is 11.9. The zero-order valence-electron chi connectivity index (χ0n) is 25.9. The van der Waals surface area contributed by atoms with E-state index < -0.39 is 5.60 Å². The van der Waals surface area contributed by atoms with Crippen molar-refractivity contribution in [3.63, 3.8) is 0 Å². The number of ether oxygens (including phenoxy) is 1. The fourth-order valence-corrected chi connectivity index (χ4v) is 5.43. The van der Waals surface area contributed by atoms with E-state index in [9.17, 15) is 4.79 Å². The first kappa shape index (κ1) is 29.3. The summed E-state index contributed by atoms with van der Waals surface area (Å²) in [6.45, 7) is 14.9. The van der Waals surface area contributed by atoms with Gasteiger partial charge in [-0.05, 0) is 81.0 Å². The van der Waals surface area contributed by atoms with E-state index >= 15 is 0 Å². The number of carbonyl (C=O) groups excluding carboxylic acids is 1. The highest BCUT2D eigenvalue weighted by Gasteiger charge is 2.21. The summed E-state index contributed by atoms with van der Waals surface area (Å²) in [5.41, 5.74) is 8.23. The number of imidazole rings is 1. The van der Waals surface area contributed by atoms with E-state index in [1.165, 1.54) is 0 Å². The Hall–Kier alpha value is -4.19. The van der Waals surface area contributed by atoms with Gasteiger partial charge in [0.1, 0.15) is 17.2 Å². The van der Waals surface area contributed by atoms with Crippen molar-refractivity contribution >= 4 is 17.0 Å².